The number of H-pyrrole nitrogens is 1. The number of aromatic amines is 1. The lowest BCUT2D eigenvalue weighted by molar-refractivity contribution is -0.118. The number of carbonyl (C=O) groups is 1. The van der Waals surface area contributed by atoms with Gasteiger partial charge in [0.25, 0.3) is 0 Å². The second-order valence-corrected chi connectivity index (χ2v) is 6.51. The van der Waals surface area contributed by atoms with Crippen molar-refractivity contribution in [3.8, 4) is 5.75 Å². The molecule has 9 heteroatoms. The molecule has 1 atom stereocenters. The zero-order chi connectivity index (χ0) is 16.9. The van der Waals surface area contributed by atoms with Crippen molar-refractivity contribution >= 4 is 37.9 Å². The van der Waals surface area contributed by atoms with E-state index in [0.717, 1.165) is 5.52 Å². The van der Waals surface area contributed by atoms with Gasteiger partial charge in [-0.15, -0.1) is 0 Å². The summed E-state index contributed by atoms with van der Waals surface area (Å²) in [6, 6.07) is 5.11. The predicted molar refractivity (Wildman–Crippen MR) is 87.8 cm³/mol. The Hall–Kier alpha value is -1.76. The first kappa shape index (κ1) is 17.6. The zero-order valence-corrected chi connectivity index (χ0v) is 13.4. The first-order valence-electron chi connectivity index (χ1n) is 7.19. The molecule has 1 heterocycles. The van der Waals surface area contributed by atoms with Crippen molar-refractivity contribution in [3.05, 3.63) is 24.4 Å². The normalized spacial score (nSPS) is 13.8. The largest absolute Gasteiger partial charge is 0.527 e. The van der Waals surface area contributed by atoms with E-state index in [4.69, 9.17) is 22.6 Å². The fourth-order valence-corrected chi connectivity index (χ4v) is 2.91. The number of rotatable bonds is 9. The number of carbonyl (C=O) groups excluding carboxylic acids is 1. The fourth-order valence-electron chi connectivity index (χ4n) is 2.10. The van der Waals surface area contributed by atoms with Crippen LogP contribution < -0.4 is 15.7 Å². The number of nitrogens with one attached hydrogen (secondary N) is 1. The summed E-state index contributed by atoms with van der Waals surface area (Å²) in [5.41, 5.74) is 6.28. The molecule has 0 saturated heterocycles. The molecular formula is C14H18BN2O5P. The molecular weight excluding hydrogens is 318 g/mol. The molecule has 0 fully saturated rings. The van der Waals surface area contributed by atoms with Gasteiger partial charge in [-0.2, -0.15) is 0 Å². The Morgan fingerprint density at radius 2 is 2.13 bits per heavy atom. The Bertz CT molecular complexity index is 733. The van der Waals surface area contributed by atoms with Gasteiger partial charge in [0, 0.05) is 23.5 Å². The van der Waals surface area contributed by atoms with E-state index in [1.165, 1.54) is 6.20 Å². The van der Waals surface area contributed by atoms with Gasteiger partial charge in [0.1, 0.15) is 7.85 Å². The van der Waals surface area contributed by atoms with E-state index >= 15 is 0 Å². The molecule has 1 aromatic carbocycles. The molecule has 0 aliphatic rings. The lowest BCUT2D eigenvalue weighted by Crippen LogP contribution is -2.09. The van der Waals surface area contributed by atoms with Gasteiger partial charge in [0.05, 0.1) is 6.61 Å². The molecule has 1 aromatic heterocycles. The molecule has 0 spiro atoms. The van der Waals surface area contributed by atoms with Crippen LogP contribution in [0.2, 0.25) is 0 Å². The Morgan fingerprint density at radius 1 is 1.35 bits per heavy atom. The number of benzene rings is 1. The van der Waals surface area contributed by atoms with Crippen molar-refractivity contribution < 1.29 is 23.3 Å². The minimum absolute atomic E-state index is 0.0526. The topological polar surface area (TPSA) is 115 Å². The molecule has 4 N–H and O–H groups in total. The average Bonchev–Trinajstić information content (AvgIpc) is 2.84. The van der Waals surface area contributed by atoms with Crippen LogP contribution in [0, 0.1) is 0 Å². The Balaban J connectivity index is 1.86. The van der Waals surface area contributed by atoms with Crippen LogP contribution in [-0.4, -0.2) is 30.2 Å². The highest BCUT2D eigenvalue weighted by atomic mass is 31.2. The van der Waals surface area contributed by atoms with Crippen LogP contribution in [0.25, 0.3) is 10.9 Å². The molecule has 2 rings (SSSR count). The van der Waals surface area contributed by atoms with Crippen LogP contribution in [0.3, 0.4) is 0 Å². The first-order valence-corrected chi connectivity index (χ1v) is 8.69. The van der Waals surface area contributed by atoms with Gasteiger partial charge in [0.15, 0.2) is 5.75 Å². The number of phosphoric ester groups is 1. The summed E-state index contributed by atoms with van der Waals surface area (Å²) in [5.74, 6) is -0.160. The van der Waals surface area contributed by atoms with E-state index in [-0.39, 0.29) is 18.3 Å². The van der Waals surface area contributed by atoms with Crippen molar-refractivity contribution in [2.75, 3.05) is 6.61 Å². The third kappa shape index (κ3) is 5.43. The number of amides is 1. The summed E-state index contributed by atoms with van der Waals surface area (Å²) in [4.78, 5) is 23.2. The Labute approximate surface area is 135 Å². The molecule has 7 nitrogen and oxygen atoms in total. The quantitative estimate of drug-likeness (QED) is 0.365. The second kappa shape index (κ2) is 7.68. The Kier molecular flexibility index (Phi) is 5.88. The molecule has 2 radical (unpaired) electrons. The van der Waals surface area contributed by atoms with Crippen molar-refractivity contribution in [1.29, 1.82) is 0 Å². The molecule has 1 amide bonds. The van der Waals surface area contributed by atoms with Crippen molar-refractivity contribution in [2.24, 2.45) is 5.73 Å². The number of aromatic nitrogens is 1. The molecule has 0 aliphatic heterocycles. The highest BCUT2D eigenvalue weighted by molar-refractivity contribution is 7.47. The summed E-state index contributed by atoms with van der Waals surface area (Å²) >= 11 is 0. The maximum atomic E-state index is 11.9. The number of fused-ring (bicyclic) bond motifs is 1. The van der Waals surface area contributed by atoms with Crippen LogP contribution in [0.15, 0.2) is 24.4 Å². The van der Waals surface area contributed by atoms with Gasteiger partial charge in [0.2, 0.25) is 5.91 Å². The van der Waals surface area contributed by atoms with Gasteiger partial charge in [-0.1, -0.05) is 24.0 Å². The molecule has 122 valence electrons. The lowest BCUT2D eigenvalue weighted by atomic mass is 9.95. The Morgan fingerprint density at radius 3 is 2.87 bits per heavy atom. The number of phosphoric acid groups is 1. The number of hydrogen-bond donors (Lipinski definition) is 3. The molecule has 0 bridgehead atoms. The standard InChI is InChI=1S/C14H18BN2O5P/c15-10-5-6-12-11(8-10)13(9-17-12)22-23(19,20)21-7-3-1-2-4-14(16)18/h5-6,8-9,17H,1-4,7H2,(H2,16,18)(H,19,20). The van der Waals surface area contributed by atoms with E-state index in [0.29, 0.717) is 36.5 Å². The van der Waals surface area contributed by atoms with E-state index in [9.17, 15) is 14.3 Å². The minimum atomic E-state index is -4.22. The average molecular weight is 336 g/mol. The van der Waals surface area contributed by atoms with Crippen LogP contribution in [0.1, 0.15) is 25.7 Å². The molecule has 0 saturated carbocycles. The van der Waals surface area contributed by atoms with Crippen molar-refractivity contribution in [2.45, 2.75) is 25.7 Å². The monoisotopic (exact) mass is 336 g/mol. The third-order valence-corrected chi connectivity index (χ3v) is 4.14. The summed E-state index contributed by atoms with van der Waals surface area (Å²) < 4.78 is 21.9. The summed E-state index contributed by atoms with van der Waals surface area (Å²) in [6.07, 6.45) is 3.60. The maximum Gasteiger partial charge on any atom is 0.527 e. The van der Waals surface area contributed by atoms with Gasteiger partial charge >= 0.3 is 7.82 Å². The van der Waals surface area contributed by atoms with E-state index in [1.807, 2.05) is 0 Å². The number of nitrogens with two attached hydrogens (primary N) is 1. The van der Waals surface area contributed by atoms with Crippen molar-refractivity contribution in [1.82, 2.24) is 4.98 Å². The molecule has 0 aliphatic carbocycles. The van der Waals surface area contributed by atoms with Crippen LogP contribution in [-0.2, 0) is 13.9 Å². The fraction of sp³-hybridized carbons (Fsp3) is 0.357. The highest BCUT2D eigenvalue weighted by Gasteiger charge is 2.24. The van der Waals surface area contributed by atoms with E-state index in [1.54, 1.807) is 18.2 Å². The highest BCUT2D eigenvalue weighted by Crippen LogP contribution is 2.45. The summed E-state index contributed by atoms with van der Waals surface area (Å²) in [7, 11) is 1.48. The molecule has 23 heavy (non-hydrogen) atoms. The predicted octanol–water partition coefficient (Wildman–Crippen LogP) is 1.50. The lowest BCUT2D eigenvalue weighted by Gasteiger charge is -2.12. The van der Waals surface area contributed by atoms with Gasteiger partial charge in [-0.25, -0.2) is 4.57 Å². The number of hydrogen-bond acceptors (Lipinski definition) is 4. The molecule has 1 unspecified atom stereocenters. The summed E-state index contributed by atoms with van der Waals surface area (Å²) in [6.45, 7) is 0.0526. The SMILES string of the molecule is [B]c1ccc2[nH]cc(OP(=O)(O)OCCCCCC(N)=O)c2c1. The number of primary amides is 1. The van der Waals surface area contributed by atoms with Gasteiger partial charge in [-0.05, 0) is 18.9 Å². The van der Waals surface area contributed by atoms with Crippen LogP contribution in [0.5, 0.6) is 5.75 Å². The summed E-state index contributed by atoms with van der Waals surface area (Å²) in [5, 5.41) is 0.601. The zero-order valence-electron chi connectivity index (χ0n) is 12.5. The van der Waals surface area contributed by atoms with E-state index in [2.05, 4.69) is 4.98 Å². The van der Waals surface area contributed by atoms with Gasteiger partial charge < -0.3 is 15.2 Å². The first-order chi connectivity index (χ1) is 10.9. The van der Waals surface area contributed by atoms with Crippen molar-refractivity contribution in [3.63, 3.8) is 0 Å². The van der Waals surface area contributed by atoms with Crippen LogP contribution in [0.4, 0.5) is 0 Å². The van der Waals surface area contributed by atoms with E-state index < -0.39 is 7.82 Å². The maximum absolute atomic E-state index is 11.9. The second-order valence-electron chi connectivity index (χ2n) is 5.13. The minimum Gasteiger partial charge on any atom is -0.402 e. The van der Waals surface area contributed by atoms with Crippen LogP contribution >= 0.6 is 7.82 Å². The third-order valence-electron chi connectivity index (χ3n) is 3.20. The van der Waals surface area contributed by atoms with Gasteiger partial charge in [-0.3, -0.25) is 14.2 Å². The molecule has 2 aromatic rings. The number of unbranched alkanes of at least 4 members (excludes halogenated alkanes) is 2. The smallest absolute Gasteiger partial charge is 0.402 e.